The fourth-order valence-corrected chi connectivity index (χ4v) is 3.85. The lowest BCUT2D eigenvalue weighted by Crippen LogP contribution is -2.37. The Labute approximate surface area is 108 Å². The van der Waals surface area contributed by atoms with Crippen molar-refractivity contribution in [2.75, 3.05) is 19.6 Å². The third-order valence-corrected chi connectivity index (χ3v) is 5.02. The van der Waals surface area contributed by atoms with E-state index in [1.807, 2.05) is 0 Å². The Morgan fingerprint density at radius 1 is 1.12 bits per heavy atom. The Morgan fingerprint density at radius 2 is 1.88 bits per heavy atom. The highest BCUT2D eigenvalue weighted by Crippen LogP contribution is 2.42. The second-order valence-electron chi connectivity index (χ2n) is 7.75. The minimum atomic E-state index is 0.532. The topological polar surface area (TPSA) is 3.24 Å². The first kappa shape index (κ1) is 13.4. The molecule has 3 atom stereocenters. The first-order valence-electron chi connectivity index (χ1n) is 7.67. The van der Waals surface area contributed by atoms with Gasteiger partial charge in [-0.05, 0) is 61.8 Å². The lowest BCUT2D eigenvalue weighted by molar-refractivity contribution is 0.153. The van der Waals surface area contributed by atoms with Crippen LogP contribution in [0.25, 0.3) is 0 Å². The van der Waals surface area contributed by atoms with Crippen molar-refractivity contribution in [3.63, 3.8) is 0 Å². The molecule has 100 valence electrons. The Morgan fingerprint density at radius 3 is 2.47 bits per heavy atom. The maximum atomic E-state index is 2.74. The molecule has 1 aliphatic heterocycles. The molecule has 2 rings (SSSR count). The summed E-state index contributed by atoms with van der Waals surface area (Å²) in [6.07, 6.45) is 7.31. The van der Waals surface area contributed by atoms with E-state index in [1.165, 1.54) is 51.7 Å². The van der Waals surface area contributed by atoms with E-state index >= 15 is 0 Å². The molecule has 1 saturated heterocycles. The molecule has 0 spiro atoms. The van der Waals surface area contributed by atoms with Crippen LogP contribution < -0.4 is 0 Å². The molecule has 0 amide bonds. The predicted molar refractivity (Wildman–Crippen MR) is 75.1 cm³/mol. The van der Waals surface area contributed by atoms with E-state index in [0.717, 1.165) is 17.8 Å². The second kappa shape index (κ2) is 5.30. The van der Waals surface area contributed by atoms with Gasteiger partial charge in [0.25, 0.3) is 0 Å². The van der Waals surface area contributed by atoms with Gasteiger partial charge in [-0.3, -0.25) is 0 Å². The first-order valence-corrected chi connectivity index (χ1v) is 7.67. The summed E-state index contributed by atoms with van der Waals surface area (Å²) >= 11 is 0. The third-order valence-electron chi connectivity index (χ3n) is 5.02. The van der Waals surface area contributed by atoms with Gasteiger partial charge in [-0.2, -0.15) is 0 Å². The van der Waals surface area contributed by atoms with Crippen molar-refractivity contribution in [2.45, 2.75) is 59.8 Å². The van der Waals surface area contributed by atoms with Crippen molar-refractivity contribution in [1.82, 2.24) is 4.90 Å². The van der Waals surface area contributed by atoms with E-state index in [4.69, 9.17) is 0 Å². The summed E-state index contributed by atoms with van der Waals surface area (Å²) in [7, 11) is 0. The number of hydrogen-bond acceptors (Lipinski definition) is 1. The number of piperidine rings is 1. The van der Waals surface area contributed by atoms with Gasteiger partial charge < -0.3 is 4.90 Å². The third kappa shape index (κ3) is 3.71. The quantitative estimate of drug-likeness (QED) is 0.696. The van der Waals surface area contributed by atoms with Gasteiger partial charge in [0.1, 0.15) is 0 Å². The highest BCUT2D eigenvalue weighted by atomic mass is 15.1. The first-order chi connectivity index (χ1) is 7.95. The smallest absolute Gasteiger partial charge is 0.000988 e. The van der Waals surface area contributed by atoms with Gasteiger partial charge in [0.15, 0.2) is 0 Å². The van der Waals surface area contributed by atoms with Crippen LogP contribution in [0, 0.1) is 23.2 Å². The Hall–Kier alpha value is -0.0400. The summed E-state index contributed by atoms with van der Waals surface area (Å²) in [5.74, 6) is 2.89. The van der Waals surface area contributed by atoms with Crippen molar-refractivity contribution in [1.29, 1.82) is 0 Å². The molecular formula is C16H31N. The SMILES string of the molecule is CC1CCCN(CC2CCC(C(C)(C)C)C2)C1. The van der Waals surface area contributed by atoms with Gasteiger partial charge in [0.05, 0.1) is 0 Å². The molecule has 1 saturated carbocycles. The van der Waals surface area contributed by atoms with Crippen LogP contribution in [0.15, 0.2) is 0 Å². The van der Waals surface area contributed by atoms with E-state index in [2.05, 4.69) is 32.6 Å². The monoisotopic (exact) mass is 237 g/mol. The predicted octanol–water partition coefficient (Wildman–Crippen LogP) is 4.18. The summed E-state index contributed by atoms with van der Waals surface area (Å²) in [6, 6.07) is 0. The summed E-state index contributed by atoms with van der Waals surface area (Å²) < 4.78 is 0. The van der Waals surface area contributed by atoms with Crippen molar-refractivity contribution in [3.8, 4) is 0 Å². The standard InChI is InChI=1S/C16H31N/c1-13-6-5-9-17(11-13)12-14-7-8-15(10-14)16(2,3)4/h13-15H,5-12H2,1-4H3. The summed E-state index contributed by atoms with van der Waals surface area (Å²) in [5, 5.41) is 0. The van der Waals surface area contributed by atoms with E-state index in [9.17, 15) is 0 Å². The molecular weight excluding hydrogens is 206 g/mol. The van der Waals surface area contributed by atoms with Crippen molar-refractivity contribution in [3.05, 3.63) is 0 Å². The molecule has 2 aliphatic rings. The molecule has 17 heavy (non-hydrogen) atoms. The normalized spacial score (nSPS) is 36.4. The Balaban J connectivity index is 1.77. The van der Waals surface area contributed by atoms with E-state index in [1.54, 1.807) is 0 Å². The van der Waals surface area contributed by atoms with Crippen LogP contribution in [0.4, 0.5) is 0 Å². The molecule has 1 aliphatic carbocycles. The minimum Gasteiger partial charge on any atom is -0.303 e. The maximum absolute atomic E-state index is 2.74. The molecule has 2 fully saturated rings. The zero-order chi connectivity index (χ0) is 12.5. The lowest BCUT2D eigenvalue weighted by Gasteiger charge is -2.33. The fraction of sp³-hybridized carbons (Fsp3) is 1.00. The van der Waals surface area contributed by atoms with Crippen LogP contribution in [0.1, 0.15) is 59.8 Å². The van der Waals surface area contributed by atoms with Gasteiger partial charge in [-0.15, -0.1) is 0 Å². The summed E-state index contributed by atoms with van der Waals surface area (Å²) in [6.45, 7) is 13.8. The Bertz CT molecular complexity index is 240. The highest BCUT2D eigenvalue weighted by molar-refractivity contribution is 4.85. The lowest BCUT2D eigenvalue weighted by atomic mass is 9.79. The molecule has 1 heterocycles. The average Bonchev–Trinajstić information content (AvgIpc) is 2.65. The van der Waals surface area contributed by atoms with Gasteiger partial charge in [-0.25, -0.2) is 0 Å². The highest BCUT2D eigenvalue weighted by Gasteiger charge is 2.33. The summed E-state index contributed by atoms with van der Waals surface area (Å²) in [4.78, 5) is 2.74. The molecule has 0 bridgehead atoms. The van der Waals surface area contributed by atoms with Crippen molar-refractivity contribution < 1.29 is 0 Å². The minimum absolute atomic E-state index is 0.532. The number of hydrogen-bond donors (Lipinski definition) is 0. The number of likely N-dealkylation sites (tertiary alicyclic amines) is 1. The van der Waals surface area contributed by atoms with Crippen molar-refractivity contribution in [2.24, 2.45) is 23.2 Å². The molecule has 0 aromatic heterocycles. The summed E-state index contributed by atoms with van der Waals surface area (Å²) in [5.41, 5.74) is 0.532. The Kier molecular flexibility index (Phi) is 4.18. The van der Waals surface area contributed by atoms with Gasteiger partial charge in [0.2, 0.25) is 0 Å². The van der Waals surface area contributed by atoms with Crippen molar-refractivity contribution >= 4 is 0 Å². The van der Waals surface area contributed by atoms with E-state index < -0.39 is 0 Å². The zero-order valence-electron chi connectivity index (χ0n) is 12.3. The van der Waals surface area contributed by atoms with Crippen LogP contribution in [0.3, 0.4) is 0 Å². The number of rotatable bonds is 2. The maximum Gasteiger partial charge on any atom is 0.000988 e. The van der Waals surface area contributed by atoms with Crippen LogP contribution in [-0.4, -0.2) is 24.5 Å². The average molecular weight is 237 g/mol. The van der Waals surface area contributed by atoms with E-state index in [-0.39, 0.29) is 0 Å². The molecule has 1 heteroatoms. The molecule has 3 unspecified atom stereocenters. The zero-order valence-corrected chi connectivity index (χ0v) is 12.3. The largest absolute Gasteiger partial charge is 0.303 e. The number of nitrogens with zero attached hydrogens (tertiary/aromatic N) is 1. The van der Waals surface area contributed by atoms with Gasteiger partial charge >= 0.3 is 0 Å². The second-order valence-corrected chi connectivity index (χ2v) is 7.75. The van der Waals surface area contributed by atoms with Crippen LogP contribution in [-0.2, 0) is 0 Å². The van der Waals surface area contributed by atoms with Gasteiger partial charge in [0, 0.05) is 13.1 Å². The molecule has 0 aromatic rings. The molecule has 0 N–H and O–H groups in total. The molecule has 1 nitrogen and oxygen atoms in total. The van der Waals surface area contributed by atoms with Crippen LogP contribution in [0.5, 0.6) is 0 Å². The van der Waals surface area contributed by atoms with Gasteiger partial charge in [-0.1, -0.05) is 27.7 Å². The van der Waals surface area contributed by atoms with Crippen LogP contribution in [0.2, 0.25) is 0 Å². The fourth-order valence-electron chi connectivity index (χ4n) is 3.85. The van der Waals surface area contributed by atoms with E-state index in [0.29, 0.717) is 5.41 Å². The molecule has 0 aromatic carbocycles. The molecule has 0 radical (unpaired) electrons. The van der Waals surface area contributed by atoms with Crippen LogP contribution >= 0.6 is 0 Å².